The Kier molecular flexibility index (Phi) is 10.2. The standard InChI is InChI=1S/C26H34O12S/c1-5-39-26-19(30)22(20-18(36-26)12-31-24(37-20)16-9-7-6-8-10-16)38-25-23(35-15(4)29)21(34-14(3)28)17(11-32-25)33-13(2)27/h6-10,17-26,30H,5,11-12H2,1-4H3/t17-,18-,19-,20-,21+,22-,23-,24-,25+,26+/m1/s1. The molecule has 13 heteroatoms. The molecule has 0 unspecified atom stereocenters. The minimum absolute atomic E-state index is 0.182. The molecular weight excluding hydrogens is 536 g/mol. The third-order valence-electron chi connectivity index (χ3n) is 6.31. The number of aliphatic hydroxyl groups is 1. The van der Waals surface area contributed by atoms with Gasteiger partial charge in [-0.25, -0.2) is 0 Å². The number of rotatable bonds is 8. The van der Waals surface area contributed by atoms with Crippen molar-refractivity contribution >= 4 is 29.7 Å². The molecule has 0 spiro atoms. The molecule has 39 heavy (non-hydrogen) atoms. The van der Waals surface area contributed by atoms with Crippen LogP contribution in [-0.2, 0) is 52.3 Å². The molecule has 12 nitrogen and oxygen atoms in total. The fraction of sp³-hybridized carbons (Fsp3) is 0.654. The van der Waals surface area contributed by atoms with Crippen LogP contribution in [0.15, 0.2) is 30.3 Å². The van der Waals surface area contributed by atoms with E-state index in [1.807, 2.05) is 37.3 Å². The molecule has 3 fully saturated rings. The lowest BCUT2D eigenvalue weighted by atomic mass is 9.97. The molecule has 0 amide bonds. The van der Waals surface area contributed by atoms with Crippen molar-refractivity contribution in [2.75, 3.05) is 19.0 Å². The highest BCUT2D eigenvalue weighted by Crippen LogP contribution is 2.39. The van der Waals surface area contributed by atoms with Crippen molar-refractivity contribution in [2.24, 2.45) is 0 Å². The maximum absolute atomic E-state index is 12.0. The van der Waals surface area contributed by atoms with E-state index in [0.29, 0.717) is 5.75 Å². The minimum Gasteiger partial charge on any atom is -0.456 e. The summed E-state index contributed by atoms with van der Waals surface area (Å²) in [7, 11) is 0. The highest BCUT2D eigenvalue weighted by atomic mass is 32.2. The molecule has 1 aromatic rings. The smallest absolute Gasteiger partial charge is 0.303 e. The Morgan fingerprint density at radius 1 is 0.897 bits per heavy atom. The number of fused-ring (bicyclic) bond motifs is 1. The molecule has 0 aliphatic carbocycles. The highest BCUT2D eigenvalue weighted by molar-refractivity contribution is 7.99. The monoisotopic (exact) mass is 570 g/mol. The van der Waals surface area contributed by atoms with Gasteiger partial charge in [-0.1, -0.05) is 37.3 Å². The lowest BCUT2D eigenvalue weighted by Gasteiger charge is -2.49. The third-order valence-corrected chi connectivity index (χ3v) is 7.36. The molecule has 0 bridgehead atoms. The van der Waals surface area contributed by atoms with Crippen LogP contribution in [-0.4, -0.2) is 96.4 Å². The van der Waals surface area contributed by atoms with Gasteiger partial charge in [-0.05, 0) is 5.75 Å². The Morgan fingerprint density at radius 2 is 1.56 bits per heavy atom. The molecule has 10 atom stereocenters. The topological polar surface area (TPSA) is 145 Å². The van der Waals surface area contributed by atoms with Crippen molar-refractivity contribution in [3.05, 3.63) is 35.9 Å². The first-order chi connectivity index (χ1) is 18.7. The molecule has 0 aromatic heterocycles. The van der Waals surface area contributed by atoms with E-state index in [9.17, 15) is 19.5 Å². The summed E-state index contributed by atoms with van der Waals surface area (Å²) < 4.78 is 46.6. The summed E-state index contributed by atoms with van der Waals surface area (Å²) in [6, 6.07) is 9.30. The average Bonchev–Trinajstić information content (AvgIpc) is 2.89. The summed E-state index contributed by atoms with van der Waals surface area (Å²) in [5, 5.41) is 11.3. The van der Waals surface area contributed by atoms with E-state index in [0.717, 1.165) is 5.56 Å². The van der Waals surface area contributed by atoms with E-state index in [1.165, 1.54) is 32.5 Å². The van der Waals surface area contributed by atoms with Gasteiger partial charge in [-0.15, -0.1) is 11.8 Å². The number of esters is 3. The predicted octanol–water partition coefficient (Wildman–Crippen LogP) is 1.48. The van der Waals surface area contributed by atoms with Crippen molar-refractivity contribution < 1.29 is 57.4 Å². The highest BCUT2D eigenvalue weighted by Gasteiger charge is 2.54. The molecule has 1 aromatic carbocycles. The zero-order valence-corrected chi connectivity index (χ0v) is 22.9. The first-order valence-corrected chi connectivity index (χ1v) is 13.8. The number of aliphatic hydroxyl groups excluding tert-OH is 1. The number of carbonyl (C=O) groups is 3. The van der Waals surface area contributed by atoms with Gasteiger partial charge in [0.05, 0.1) is 13.2 Å². The van der Waals surface area contributed by atoms with Crippen molar-refractivity contribution in [3.63, 3.8) is 0 Å². The van der Waals surface area contributed by atoms with E-state index in [4.69, 9.17) is 37.9 Å². The zero-order chi connectivity index (χ0) is 28.1. The van der Waals surface area contributed by atoms with Crippen LogP contribution in [0.2, 0.25) is 0 Å². The quantitative estimate of drug-likeness (QED) is 0.356. The normalized spacial score (nSPS) is 36.3. The number of benzene rings is 1. The van der Waals surface area contributed by atoms with Crippen molar-refractivity contribution in [1.29, 1.82) is 0 Å². The molecular formula is C26H34O12S. The van der Waals surface area contributed by atoms with Gasteiger partial charge in [0.15, 0.2) is 30.9 Å². The Hall–Kier alpha value is -2.26. The molecule has 3 aliphatic heterocycles. The van der Waals surface area contributed by atoms with Gasteiger partial charge >= 0.3 is 17.9 Å². The predicted molar refractivity (Wildman–Crippen MR) is 134 cm³/mol. The first-order valence-electron chi connectivity index (χ1n) is 12.7. The van der Waals surface area contributed by atoms with Gasteiger partial charge in [0.2, 0.25) is 0 Å². The second-order valence-electron chi connectivity index (χ2n) is 9.26. The fourth-order valence-corrected chi connectivity index (χ4v) is 5.68. The average molecular weight is 571 g/mol. The maximum Gasteiger partial charge on any atom is 0.303 e. The number of carbonyl (C=O) groups excluding carboxylic acids is 3. The summed E-state index contributed by atoms with van der Waals surface area (Å²) in [4.78, 5) is 35.6. The lowest BCUT2D eigenvalue weighted by Crippen LogP contribution is -2.65. The van der Waals surface area contributed by atoms with Crippen LogP contribution in [0.1, 0.15) is 39.5 Å². The summed E-state index contributed by atoms with van der Waals surface area (Å²) in [6.45, 7) is 5.46. The van der Waals surface area contributed by atoms with Gasteiger partial charge in [0.25, 0.3) is 0 Å². The summed E-state index contributed by atoms with van der Waals surface area (Å²) >= 11 is 1.39. The Labute approximate surface area is 230 Å². The molecule has 4 rings (SSSR count). The van der Waals surface area contributed by atoms with Gasteiger partial charge in [0.1, 0.15) is 29.9 Å². The summed E-state index contributed by atoms with van der Waals surface area (Å²) in [6.07, 6.45) is -9.12. The van der Waals surface area contributed by atoms with Crippen LogP contribution < -0.4 is 0 Å². The van der Waals surface area contributed by atoms with Gasteiger partial charge in [0, 0.05) is 26.3 Å². The van der Waals surface area contributed by atoms with Crippen LogP contribution in [0, 0.1) is 0 Å². The van der Waals surface area contributed by atoms with Crippen LogP contribution >= 0.6 is 11.8 Å². The summed E-state index contributed by atoms with van der Waals surface area (Å²) in [5.41, 5.74) is 0.121. The first kappa shape index (κ1) is 29.7. The SMILES string of the molecule is CCS[C@@H]1O[C@@H]2CO[C@@H](c3ccccc3)O[C@H]2[C@H](O[C@@H]2OC[C@@H](OC(C)=O)[C@H](OC(C)=O)[C@H]2OC(C)=O)[C@H]1O. The van der Waals surface area contributed by atoms with Crippen molar-refractivity contribution in [1.82, 2.24) is 0 Å². The number of hydrogen-bond donors (Lipinski definition) is 1. The largest absolute Gasteiger partial charge is 0.456 e. The molecule has 3 heterocycles. The molecule has 3 saturated heterocycles. The van der Waals surface area contributed by atoms with E-state index in [1.54, 1.807) is 0 Å². The van der Waals surface area contributed by atoms with Crippen LogP contribution in [0.4, 0.5) is 0 Å². The Morgan fingerprint density at radius 3 is 2.21 bits per heavy atom. The van der Waals surface area contributed by atoms with Gasteiger partial charge < -0.3 is 43.0 Å². The Bertz CT molecular complexity index is 992. The second kappa shape index (κ2) is 13.4. The van der Waals surface area contributed by atoms with E-state index in [2.05, 4.69) is 0 Å². The number of hydrogen-bond acceptors (Lipinski definition) is 13. The van der Waals surface area contributed by atoms with Crippen molar-refractivity contribution in [2.45, 2.75) is 88.4 Å². The van der Waals surface area contributed by atoms with Crippen LogP contribution in [0.5, 0.6) is 0 Å². The van der Waals surface area contributed by atoms with E-state index >= 15 is 0 Å². The maximum atomic E-state index is 12.0. The van der Waals surface area contributed by atoms with Crippen LogP contribution in [0.25, 0.3) is 0 Å². The van der Waals surface area contributed by atoms with Crippen LogP contribution in [0.3, 0.4) is 0 Å². The Balaban J connectivity index is 1.61. The lowest BCUT2D eigenvalue weighted by molar-refractivity contribution is -0.357. The molecule has 1 N–H and O–H groups in total. The third kappa shape index (κ3) is 7.28. The molecule has 0 radical (unpaired) electrons. The molecule has 0 saturated carbocycles. The van der Waals surface area contributed by atoms with E-state index < -0.39 is 78.7 Å². The summed E-state index contributed by atoms with van der Waals surface area (Å²) in [5.74, 6) is -1.35. The zero-order valence-electron chi connectivity index (χ0n) is 22.1. The van der Waals surface area contributed by atoms with Crippen molar-refractivity contribution in [3.8, 4) is 0 Å². The minimum atomic E-state index is -1.31. The van der Waals surface area contributed by atoms with E-state index in [-0.39, 0.29) is 13.2 Å². The van der Waals surface area contributed by atoms with Gasteiger partial charge in [-0.3, -0.25) is 14.4 Å². The fourth-order valence-electron chi connectivity index (χ4n) is 4.78. The molecule has 216 valence electrons. The number of thioether (sulfide) groups is 1. The molecule has 3 aliphatic rings. The van der Waals surface area contributed by atoms with Gasteiger partial charge in [-0.2, -0.15) is 0 Å². The second-order valence-corrected chi connectivity index (χ2v) is 10.6. The number of ether oxygens (including phenoxy) is 8.